The number of para-hydroxylation sites is 2. The molecule has 0 saturated heterocycles. The summed E-state index contributed by atoms with van der Waals surface area (Å²) in [5.74, 6) is 0.850. The van der Waals surface area contributed by atoms with E-state index in [-0.39, 0.29) is 5.41 Å². The van der Waals surface area contributed by atoms with E-state index in [2.05, 4.69) is 152 Å². The van der Waals surface area contributed by atoms with Gasteiger partial charge in [0.15, 0.2) is 5.82 Å². The maximum Gasteiger partial charge on any atom is 0.165 e. The van der Waals surface area contributed by atoms with Crippen LogP contribution in [0.15, 0.2) is 140 Å². The van der Waals surface area contributed by atoms with Gasteiger partial charge >= 0.3 is 0 Å². The molecule has 0 atom stereocenters. The van der Waals surface area contributed by atoms with E-state index in [1.807, 2.05) is 17.4 Å². The molecule has 7 aromatic carbocycles. The van der Waals surface area contributed by atoms with Crippen LogP contribution in [0.2, 0.25) is 0 Å². The Morgan fingerprint density at radius 3 is 2.16 bits per heavy atom. The van der Waals surface area contributed by atoms with Gasteiger partial charge in [0.1, 0.15) is 5.69 Å². The third-order valence-electron chi connectivity index (χ3n) is 10.8. The van der Waals surface area contributed by atoms with Crippen LogP contribution in [-0.4, -0.2) is 14.5 Å². The van der Waals surface area contributed by atoms with Crippen molar-refractivity contribution in [2.45, 2.75) is 19.3 Å². The second kappa shape index (κ2) is 9.62. The van der Waals surface area contributed by atoms with Crippen molar-refractivity contribution in [2.24, 2.45) is 0 Å². The van der Waals surface area contributed by atoms with E-state index in [4.69, 9.17) is 9.97 Å². The lowest BCUT2D eigenvalue weighted by Crippen LogP contribution is -2.15. The maximum atomic E-state index is 5.47. The molecule has 11 rings (SSSR count). The summed E-state index contributed by atoms with van der Waals surface area (Å²) in [6.07, 6.45) is 0. The fourth-order valence-corrected chi connectivity index (χ4v) is 9.55. The summed E-state index contributed by atoms with van der Waals surface area (Å²) < 4.78 is 4.95. The Morgan fingerprint density at radius 2 is 1.27 bits per heavy atom. The van der Waals surface area contributed by atoms with Gasteiger partial charge in [-0.2, -0.15) is 0 Å². The van der Waals surface area contributed by atoms with Crippen molar-refractivity contribution in [2.75, 3.05) is 0 Å². The van der Waals surface area contributed by atoms with Crippen molar-refractivity contribution in [1.29, 1.82) is 0 Å². The molecule has 0 radical (unpaired) electrons. The van der Waals surface area contributed by atoms with Crippen molar-refractivity contribution >= 4 is 75.1 Å². The van der Waals surface area contributed by atoms with Crippen LogP contribution in [0.25, 0.3) is 92.0 Å². The number of rotatable bonds is 2. The maximum absolute atomic E-state index is 5.47. The molecule has 0 unspecified atom stereocenters. The van der Waals surface area contributed by atoms with Crippen LogP contribution >= 0.6 is 11.3 Å². The molecule has 0 N–H and O–H groups in total. The third kappa shape index (κ3) is 3.67. The first-order valence-electron chi connectivity index (χ1n) is 16.8. The Kier molecular flexibility index (Phi) is 5.33. The van der Waals surface area contributed by atoms with Crippen LogP contribution in [0, 0.1) is 0 Å². The number of hydrogen-bond acceptors (Lipinski definition) is 3. The summed E-state index contributed by atoms with van der Waals surface area (Å²) >= 11 is 1.85. The highest BCUT2D eigenvalue weighted by Crippen LogP contribution is 2.50. The predicted octanol–water partition coefficient (Wildman–Crippen LogP) is 12.2. The number of fused-ring (bicyclic) bond motifs is 12. The smallest absolute Gasteiger partial charge is 0.165 e. The molecule has 0 bridgehead atoms. The van der Waals surface area contributed by atoms with Crippen LogP contribution < -0.4 is 0 Å². The predicted molar refractivity (Wildman–Crippen MR) is 207 cm³/mol. The normalized spacial score (nSPS) is 13.7. The van der Waals surface area contributed by atoms with Gasteiger partial charge in [0.25, 0.3) is 0 Å². The highest BCUT2D eigenvalue weighted by molar-refractivity contribution is 7.25. The van der Waals surface area contributed by atoms with Crippen molar-refractivity contribution in [1.82, 2.24) is 14.5 Å². The van der Waals surface area contributed by atoms with Crippen LogP contribution in [0.5, 0.6) is 0 Å². The van der Waals surface area contributed by atoms with Gasteiger partial charge in [0.05, 0.1) is 22.1 Å². The summed E-state index contributed by atoms with van der Waals surface area (Å²) in [4.78, 5) is 10.9. The number of benzene rings is 7. The van der Waals surface area contributed by atoms with E-state index in [0.29, 0.717) is 0 Å². The molecule has 0 amide bonds. The molecule has 0 saturated carbocycles. The van der Waals surface area contributed by atoms with Crippen LogP contribution in [-0.2, 0) is 5.41 Å². The highest BCUT2D eigenvalue weighted by atomic mass is 32.1. The second-order valence-corrected chi connectivity index (χ2v) is 14.9. The van der Waals surface area contributed by atoms with Crippen molar-refractivity contribution < 1.29 is 0 Å². The van der Waals surface area contributed by atoms with E-state index in [0.717, 1.165) is 39.1 Å². The van der Waals surface area contributed by atoms with Gasteiger partial charge in [0, 0.05) is 41.9 Å². The van der Waals surface area contributed by atoms with Crippen LogP contribution in [0.4, 0.5) is 0 Å². The van der Waals surface area contributed by atoms with Gasteiger partial charge in [-0.3, -0.25) is 4.57 Å². The molecule has 0 spiro atoms. The zero-order valence-corrected chi connectivity index (χ0v) is 27.8. The van der Waals surface area contributed by atoms with Crippen LogP contribution in [0.3, 0.4) is 0 Å². The van der Waals surface area contributed by atoms with Crippen molar-refractivity contribution in [3.8, 4) is 28.2 Å². The quantitative estimate of drug-likeness (QED) is 0.188. The number of aromatic nitrogens is 3. The fourth-order valence-electron chi connectivity index (χ4n) is 8.43. The molecule has 3 heterocycles. The third-order valence-corrected chi connectivity index (χ3v) is 11.9. The van der Waals surface area contributed by atoms with Gasteiger partial charge in [-0.25, -0.2) is 9.97 Å². The standard InChI is InChI=1S/C45H29N3S/c1-45(2)34-15-7-5-13-29(34)30-21-19-27(23-35(30)45)43-44(47-37-17-9-8-16-36(37)46-43)48-38-22-20-26-11-3-4-12-28(26)42(38)33-24-32-31-14-6-10-18-40(31)49-41(32)25-39(33)48/h3-25H,1-2H3. The van der Waals surface area contributed by atoms with Gasteiger partial charge in [-0.05, 0) is 75.5 Å². The van der Waals surface area contributed by atoms with E-state index in [1.165, 1.54) is 64.0 Å². The minimum atomic E-state index is -0.120. The minimum Gasteiger partial charge on any atom is -0.292 e. The lowest BCUT2D eigenvalue weighted by atomic mass is 9.82. The molecule has 1 aliphatic carbocycles. The Bertz CT molecular complexity index is 3030. The Hall–Kier alpha value is -5.84. The Labute approximate surface area is 286 Å². The highest BCUT2D eigenvalue weighted by Gasteiger charge is 2.35. The lowest BCUT2D eigenvalue weighted by molar-refractivity contribution is 0.660. The molecule has 1 aliphatic rings. The molecule has 3 nitrogen and oxygen atoms in total. The number of hydrogen-bond donors (Lipinski definition) is 0. The fraction of sp³-hybridized carbons (Fsp3) is 0.0667. The molecule has 10 aromatic rings. The average molecular weight is 644 g/mol. The summed E-state index contributed by atoms with van der Waals surface area (Å²) in [7, 11) is 0. The molecule has 0 aliphatic heterocycles. The molecule has 3 aromatic heterocycles. The largest absolute Gasteiger partial charge is 0.292 e. The first-order chi connectivity index (χ1) is 24.0. The van der Waals surface area contributed by atoms with Gasteiger partial charge < -0.3 is 0 Å². The zero-order valence-electron chi connectivity index (χ0n) is 27.0. The molecule has 230 valence electrons. The van der Waals surface area contributed by atoms with Gasteiger partial charge in [-0.1, -0.05) is 111 Å². The van der Waals surface area contributed by atoms with Crippen molar-refractivity contribution in [3.05, 3.63) is 151 Å². The first kappa shape index (κ1) is 27.1. The summed E-state index contributed by atoms with van der Waals surface area (Å²) in [6, 6.07) is 50.8. The van der Waals surface area contributed by atoms with Gasteiger partial charge in [0.2, 0.25) is 0 Å². The minimum absolute atomic E-state index is 0.120. The summed E-state index contributed by atoms with van der Waals surface area (Å²) in [6.45, 7) is 4.67. The lowest BCUT2D eigenvalue weighted by Gasteiger charge is -2.22. The van der Waals surface area contributed by atoms with Crippen LogP contribution in [0.1, 0.15) is 25.0 Å². The SMILES string of the molecule is CC1(C)c2ccccc2-c2ccc(-c3nc4ccccc4nc3-n3c4cc5sc6ccccc6c5cc4c4c5ccccc5ccc43)cc21. The summed E-state index contributed by atoms with van der Waals surface area (Å²) in [5.41, 5.74) is 11.2. The number of thiophene rings is 1. The topological polar surface area (TPSA) is 30.7 Å². The number of nitrogens with zero attached hydrogens (tertiary/aromatic N) is 3. The van der Waals surface area contributed by atoms with E-state index >= 15 is 0 Å². The monoisotopic (exact) mass is 643 g/mol. The second-order valence-electron chi connectivity index (χ2n) is 13.8. The molecular formula is C45H29N3S. The molecular weight excluding hydrogens is 615 g/mol. The molecule has 49 heavy (non-hydrogen) atoms. The first-order valence-corrected chi connectivity index (χ1v) is 17.7. The van der Waals surface area contributed by atoms with E-state index < -0.39 is 0 Å². The van der Waals surface area contributed by atoms with E-state index in [9.17, 15) is 0 Å². The Morgan fingerprint density at radius 1 is 0.531 bits per heavy atom. The molecule has 0 fully saturated rings. The van der Waals surface area contributed by atoms with E-state index in [1.54, 1.807) is 0 Å². The van der Waals surface area contributed by atoms with Crippen molar-refractivity contribution in [3.63, 3.8) is 0 Å². The van der Waals surface area contributed by atoms with Gasteiger partial charge in [-0.15, -0.1) is 11.3 Å². The zero-order chi connectivity index (χ0) is 32.4. The average Bonchev–Trinajstić information content (AvgIpc) is 3.75. The summed E-state index contributed by atoms with van der Waals surface area (Å²) in [5, 5.41) is 7.55. The Balaban J connectivity index is 1.28. The molecule has 4 heteroatoms.